The van der Waals surface area contributed by atoms with Gasteiger partial charge in [-0.2, -0.15) is 0 Å². The van der Waals surface area contributed by atoms with Gasteiger partial charge in [-0.05, 0) is 42.3 Å². The molecule has 0 heterocycles. The van der Waals surface area contributed by atoms with Crippen molar-refractivity contribution in [1.82, 2.24) is 10.2 Å². The molecule has 3 rings (SSSR count). The first kappa shape index (κ1) is 32.0. The maximum Gasteiger partial charge on any atom is 0.242 e. The Balaban J connectivity index is 1.91. The molecule has 214 valence electrons. The minimum absolute atomic E-state index is 0.0157. The van der Waals surface area contributed by atoms with Crippen molar-refractivity contribution < 1.29 is 18.0 Å². The lowest BCUT2D eigenvalue weighted by molar-refractivity contribution is -0.141. The average molecular weight is 645 g/mol. The lowest BCUT2D eigenvalue weighted by Crippen LogP contribution is -2.50. The minimum atomic E-state index is -3.74. The third-order valence-electron chi connectivity index (χ3n) is 6.24. The Morgan fingerprint density at radius 3 is 2.15 bits per heavy atom. The van der Waals surface area contributed by atoms with Crippen LogP contribution in [0.1, 0.15) is 24.0 Å². The number of amides is 2. The lowest BCUT2D eigenvalue weighted by atomic mass is 10.0. The molecule has 0 radical (unpaired) electrons. The van der Waals surface area contributed by atoms with Crippen LogP contribution in [0.2, 0.25) is 20.1 Å². The Morgan fingerprint density at radius 2 is 1.55 bits per heavy atom. The SMILES string of the molecule is CNC(=O)[C@H](Cc1ccccc1)N(Cc1c(Cl)cccc1Cl)C(=O)CCCN(c1cc(Cl)ccc1Cl)S(C)(=O)=O. The van der Waals surface area contributed by atoms with Crippen molar-refractivity contribution in [3.05, 3.63) is 97.9 Å². The van der Waals surface area contributed by atoms with Crippen molar-refractivity contribution in [3.8, 4) is 0 Å². The number of nitrogens with zero attached hydrogens (tertiary/aromatic N) is 2. The molecule has 0 aliphatic carbocycles. The molecule has 2 amide bonds. The molecule has 1 atom stereocenters. The third-order valence-corrected chi connectivity index (χ3v) is 8.68. The zero-order valence-corrected chi connectivity index (χ0v) is 25.8. The second-order valence-corrected chi connectivity index (χ2v) is 12.6. The normalized spacial score (nSPS) is 12.1. The zero-order valence-electron chi connectivity index (χ0n) is 21.9. The molecule has 7 nitrogen and oxygen atoms in total. The number of benzene rings is 3. The van der Waals surface area contributed by atoms with Gasteiger partial charge in [0.1, 0.15) is 6.04 Å². The van der Waals surface area contributed by atoms with E-state index in [2.05, 4.69) is 5.32 Å². The first-order valence-electron chi connectivity index (χ1n) is 12.3. The largest absolute Gasteiger partial charge is 0.357 e. The molecular formula is C28H29Cl4N3O4S. The van der Waals surface area contributed by atoms with Gasteiger partial charge in [-0.3, -0.25) is 13.9 Å². The average Bonchev–Trinajstić information content (AvgIpc) is 2.91. The maximum atomic E-state index is 13.8. The van der Waals surface area contributed by atoms with Crippen LogP contribution >= 0.6 is 46.4 Å². The van der Waals surface area contributed by atoms with E-state index in [1.807, 2.05) is 30.3 Å². The smallest absolute Gasteiger partial charge is 0.242 e. The summed E-state index contributed by atoms with van der Waals surface area (Å²) in [5.41, 5.74) is 1.58. The van der Waals surface area contributed by atoms with Gasteiger partial charge in [0, 0.05) is 53.6 Å². The number of hydrogen-bond donors (Lipinski definition) is 1. The highest BCUT2D eigenvalue weighted by Crippen LogP contribution is 2.31. The number of halogens is 4. The molecule has 0 aliphatic heterocycles. The minimum Gasteiger partial charge on any atom is -0.357 e. The van der Waals surface area contributed by atoms with E-state index in [1.54, 1.807) is 24.3 Å². The van der Waals surface area contributed by atoms with Gasteiger partial charge in [0.15, 0.2) is 0 Å². The Hall–Kier alpha value is -2.49. The summed E-state index contributed by atoms with van der Waals surface area (Å²) in [5.74, 6) is -0.727. The second-order valence-electron chi connectivity index (χ2n) is 9.08. The number of carbonyl (C=O) groups is 2. The molecule has 40 heavy (non-hydrogen) atoms. The number of likely N-dealkylation sites (N-methyl/N-ethyl adjacent to an activating group) is 1. The van der Waals surface area contributed by atoms with E-state index in [0.29, 0.717) is 20.6 Å². The van der Waals surface area contributed by atoms with Gasteiger partial charge in [-0.25, -0.2) is 8.42 Å². The molecule has 0 fully saturated rings. The van der Waals surface area contributed by atoms with Gasteiger partial charge in [-0.1, -0.05) is 82.8 Å². The maximum absolute atomic E-state index is 13.8. The summed E-state index contributed by atoms with van der Waals surface area (Å²) in [6.07, 6.45) is 1.39. The van der Waals surface area contributed by atoms with Crippen molar-refractivity contribution in [2.45, 2.75) is 31.8 Å². The molecule has 3 aromatic carbocycles. The van der Waals surface area contributed by atoms with Crippen LogP contribution in [0.15, 0.2) is 66.7 Å². The quantitative estimate of drug-likeness (QED) is 0.253. The summed E-state index contributed by atoms with van der Waals surface area (Å²) in [7, 11) is -2.24. The van der Waals surface area contributed by atoms with Crippen LogP contribution in [0.4, 0.5) is 5.69 Å². The number of nitrogens with one attached hydrogen (secondary N) is 1. The van der Waals surface area contributed by atoms with E-state index in [9.17, 15) is 18.0 Å². The van der Waals surface area contributed by atoms with Crippen LogP contribution in [0.3, 0.4) is 0 Å². The summed E-state index contributed by atoms with van der Waals surface area (Å²) in [6.45, 7) is -0.0488. The zero-order chi connectivity index (χ0) is 29.4. The highest BCUT2D eigenvalue weighted by Gasteiger charge is 2.31. The fourth-order valence-corrected chi connectivity index (χ4v) is 6.16. The second kappa shape index (κ2) is 14.4. The van der Waals surface area contributed by atoms with Crippen molar-refractivity contribution >= 4 is 73.9 Å². The van der Waals surface area contributed by atoms with E-state index in [1.165, 1.54) is 24.1 Å². The molecule has 1 N–H and O–H groups in total. The van der Waals surface area contributed by atoms with Crippen molar-refractivity contribution in [2.24, 2.45) is 0 Å². The first-order chi connectivity index (χ1) is 18.9. The molecule has 0 spiro atoms. The number of sulfonamides is 1. The van der Waals surface area contributed by atoms with Crippen LogP contribution in [0.25, 0.3) is 0 Å². The monoisotopic (exact) mass is 643 g/mol. The van der Waals surface area contributed by atoms with Crippen molar-refractivity contribution in [3.63, 3.8) is 0 Å². The van der Waals surface area contributed by atoms with E-state index < -0.39 is 16.1 Å². The topological polar surface area (TPSA) is 86.8 Å². The molecule has 3 aromatic rings. The fraction of sp³-hybridized carbons (Fsp3) is 0.286. The predicted octanol–water partition coefficient (Wildman–Crippen LogP) is 6.23. The molecule has 0 aromatic heterocycles. The summed E-state index contributed by atoms with van der Waals surface area (Å²) in [5, 5.41) is 3.90. The summed E-state index contributed by atoms with van der Waals surface area (Å²) < 4.78 is 26.3. The fourth-order valence-electron chi connectivity index (χ4n) is 4.23. The predicted molar refractivity (Wildman–Crippen MR) is 163 cm³/mol. The van der Waals surface area contributed by atoms with Gasteiger partial charge in [0.05, 0.1) is 17.0 Å². The Bertz CT molecular complexity index is 1430. The Kier molecular flexibility index (Phi) is 11.5. The van der Waals surface area contributed by atoms with E-state index in [4.69, 9.17) is 46.4 Å². The molecule has 0 saturated carbocycles. The summed E-state index contributed by atoms with van der Waals surface area (Å²) in [4.78, 5) is 28.3. The van der Waals surface area contributed by atoms with Crippen molar-refractivity contribution in [2.75, 3.05) is 24.2 Å². The highest BCUT2D eigenvalue weighted by molar-refractivity contribution is 7.92. The Labute approximate surface area is 255 Å². The van der Waals surface area contributed by atoms with Crippen LogP contribution in [-0.2, 0) is 32.6 Å². The molecule has 0 unspecified atom stereocenters. The van der Waals surface area contributed by atoms with Crippen LogP contribution in [0.5, 0.6) is 0 Å². The molecular weight excluding hydrogens is 616 g/mol. The van der Waals surface area contributed by atoms with Crippen LogP contribution in [-0.4, -0.2) is 51.0 Å². The van der Waals surface area contributed by atoms with Gasteiger partial charge < -0.3 is 10.2 Å². The summed E-state index contributed by atoms with van der Waals surface area (Å²) >= 11 is 25.2. The molecule has 12 heteroatoms. The Morgan fingerprint density at radius 1 is 0.900 bits per heavy atom. The van der Waals surface area contributed by atoms with Gasteiger partial charge in [-0.15, -0.1) is 0 Å². The van der Waals surface area contributed by atoms with Gasteiger partial charge in [0.2, 0.25) is 21.8 Å². The lowest BCUT2D eigenvalue weighted by Gasteiger charge is -2.32. The molecule has 0 bridgehead atoms. The van der Waals surface area contributed by atoms with Gasteiger partial charge in [0.25, 0.3) is 0 Å². The van der Waals surface area contributed by atoms with Crippen LogP contribution < -0.4 is 9.62 Å². The molecule has 0 aliphatic rings. The first-order valence-corrected chi connectivity index (χ1v) is 15.7. The highest BCUT2D eigenvalue weighted by atomic mass is 35.5. The van der Waals surface area contributed by atoms with Gasteiger partial charge >= 0.3 is 0 Å². The van der Waals surface area contributed by atoms with Crippen molar-refractivity contribution in [1.29, 1.82) is 0 Å². The van der Waals surface area contributed by atoms with Crippen LogP contribution in [0, 0.1) is 0 Å². The third kappa shape index (κ3) is 8.51. The van der Waals surface area contributed by atoms with E-state index >= 15 is 0 Å². The molecule has 0 saturated heterocycles. The number of rotatable bonds is 12. The number of carbonyl (C=O) groups excluding carboxylic acids is 2. The summed E-state index contributed by atoms with van der Waals surface area (Å²) in [6, 6.07) is 18.0. The number of anilines is 1. The standard InChI is InChI=1S/C28H29Cl4N3O4S/c1-33-28(37)26(16-19-8-4-3-5-9-19)34(18-21-22(30)10-6-11-23(21)31)27(36)12-7-15-35(40(2,38)39)25-17-20(29)13-14-24(25)32/h3-6,8-11,13-14,17,26H,7,12,15-16,18H2,1-2H3,(H,33,37)/t26-/m0/s1. The van der Waals surface area contributed by atoms with E-state index in [-0.39, 0.29) is 54.9 Å². The number of hydrogen-bond acceptors (Lipinski definition) is 4. The van der Waals surface area contributed by atoms with E-state index in [0.717, 1.165) is 16.1 Å².